The van der Waals surface area contributed by atoms with Gasteiger partial charge in [-0.15, -0.1) is 0 Å². The first-order valence-electron chi connectivity index (χ1n) is 7.18. The Morgan fingerprint density at radius 2 is 2.05 bits per heavy atom. The van der Waals surface area contributed by atoms with Crippen molar-refractivity contribution >= 4 is 11.9 Å². The second kappa shape index (κ2) is 8.29. The van der Waals surface area contributed by atoms with Crippen LogP contribution in [0.15, 0.2) is 24.3 Å². The van der Waals surface area contributed by atoms with Crippen LogP contribution in [0.25, 0.3) is 0 Å². The Morgan fingerprint density at radius 1 is 1.33 bits per heavy atom. The predicted molar refractivity (Wildman–Crippen MR) is 80.3 cm³/mol. The molecule has 0 bridgehead atoms. The molecule has 0 aliphatic rings. The van der Waals surface area contributed by atoms with Crippen molar-refractivity contribution in [3.05, 3.63) is 29.8 Å². The van der Waals surface area contributed by atoms with Crippen LogP contribution >= 0.6 is 0 Å². The van der Waals surface area contributed by atoms with Crippen LogP contribution in [0.2, 0.25) is 0 Å². The summed E-state index contributed by atoms with van der Waals surface area (Å²) >= 11 is 0. The van der Waals surface area contributed by atoms with E-state index in [4.69, 9.17) is 9.84 Å². The highest BCUT2D eigenvalue weighted by Crippen LogP contribution is 2.14. The van der Waals surface area contributed by atoms with Gasteiger partial charge in [-0.1, -0.05) is 32.9 Å². The molecule has 1 amide bonds. The van der Waals surface area contributed by atoms with Crippen LogP contribution in [-0.4, -0.2) is 29.6 Å². The van der Waals surface area contributed by atoms with Gasteiger partial charge in [0.25, 0.3) is 0 Å². The summed E-state index contributed by atoms with van der Waals surface area (Å²) in [6, 6.07) is 6.43. The van der Waals surface area contributed by atoms with E-state index in [9.17, 15) is 9.59 Å². The summed E-state index contributed by atoms with van der Waals surface area (Å²) in [5.74, 6) is -0.756. The van der Waals surface area contributed by atoms with Crippen LogP contribution in [0.1, 0.15) is 32.8 Å². The van der Waals surface area contributed by atoms with E-state index in [-0.39, 0.29) is 18.2 Å². The number of rotatable bonds is 8. The molecule has 1 unspecified atom stereocenters. The van der Waals surface area contributed by atoms with E-state index in [0.717, 1.165) is 17.7 Å². The first-order chi connectivity index (χ1) is 9.93. The predicted octanol–water partition coefficient (Wildman–Crippen LogP) is 2.24. The Bertz CT molecular complexity index is 485. The normalized spacial score (nSPS) is 12.0. The van der Waals surface area contributed by atoms with E-state index in [1.165, 1.54) is 0 Å². The van der Waals surface area contributed by atoms with Crippen LogP contribution in [0.5, 0.6) is 5.75 Å². The molecule has 1 aromatic carbocycles. The molecule has 0 aliphatic carbocycles. The summed E-state index contributed by atoms with van der Waals surface area (Å²) in [6.45, 7) is 6.18. The molecule has 0 saturated heterocycles. The van der Waals surface area contributed by atoms with Crippen molar-refractivity contribution in [2.45, 2.75) is 39.7 Å². The second-order valence-electron chi connectivity index (χ2n) is 5.30. The fourth-order valence-corrected chi connectivity index (χ4v) is 1.89. The zero-order valence-corrected chi connectivity index (χ0v) is 12.8. The van der Waals surface area contributed by atoms with Gasteiger partial charge in [-0.05, 0) is 30.0 Å². The van der Waals surface area contributed by atoms with E-state index < -0.39 is 12.0 Å². The van der Waals surface area contributed by atoms with E-state index in [2.05, 4.69) is 5.32 Å². The summed E-state index contributed by atoms with van der Waals surface area (Å²) in [5.41, 5.74) is 0.800. The summed E-state index contributed by atoms with van der Waals surface area (Å²) in [5, 5.41) is 11.6. The average Bonchev–Trinajstić information content (AvgIpc) is 2.42. The fourth-order valence-electron chi connectivity index (χ4n) is 1.89. The van der Waals surface area contributed by atoms with Gasteiger partial charge < -0.3 is 15.2 Å². The van der Waals surface area contributed by atoms with E-state index in [0.29, 0.717) is 6.61 Å². The molecule has 0 saturated carbocycles. The van der Waals surface area contributed by atoms with Crippen molar-refractivity contribution in [2.24, 2.45) is 5.92 Å². The number of hydrogen-bond donors (Lipinski definition) is 2. The van der Waals surface area contributed by atoms with Crippen LogP contribution in [0, 0.1) is 5.92 Å². The molecule has 1 rings (SSSR count). The molecule has 1 atom stereocenters. The van der Waals surface area contributed by atoms with Crippen molar-refractivity contribution in [1.29, 1.82) is 0 Å². The van der Waals surface area contributed by atoms with E-state index >= 15 is 0 Å². The molecule has 1 aromatic rings. The number of aliphatic carboxylic acids is 1. The number of carboxylic acids is 1. The lowest BCUT2D eigenvalue weighted by molar-refractivity contribution is -0.143. The molecule has 0 radical (unpaired) electrons. The molecule has 0 heterocycles. The molecule has 5 heteroatoms. The van der Waals surface area contributed by atoms with Crippen LogP contribution in [0.3, 0.4) is 0 Å². The molecule has 0 spiro atoms. The molecule has 0 fully saturated rings. The Kier molecular flexibility index (Phi) is 6.72. The average molecular weight is 293 g/mol. The van der Waals surface area contributed by atoms with Crippen LogP contribution in [0.4, 0.5) is 0 Å². The largest absolute Gasteiger partial charge is 0.494 e. The minimum absolute atomic E-state index is 0.139. The highest BCUT2D eigenvalue weighted by atomic mass is 16.5. The van der Waals surface area contributed by atoms with Gasteiger partial charge >= 0.3 is 5.97 Å². The van der Waals surface area contributed by atoms with Gasteiger partial charge in [-0.25, -0.2) is 4.79 Å². The van der Waals surface area contributed by atoms with Crippen molar-refractivity contribution in [1.82, 2.24) is 5.32 Å². The lowest BCUT2D eigenvalue weighted by atomic mass is 10.0. The smallest absolute Gasteiger partial charge is 0.326 e. The Morgan fingerprint density at radius 3 is 2.62 bits per heavy atom. The molecular formula is C16H23NO4. The molecule has 5 nitrogen and oxygen atoms in total. The minimum Gasteiger partial charge on any atom is -0.494 e. The molecule has 0 aromatic heterocycles. The third kappa shape index (κ3) is 5.85. The Hall–Kier alpha value is -2.04. The molecule has 0 aliphatic heterocycles. The molecular weight excluding hydrogens is 270 g/mol. The van der Waals surface area contributed by atoms with Gasteiger partial charge in [0.15, 0.2) is 0 Å². The van der Waals surface area contributed by atoms with Crippen molar-refractivity contribution in [3.63, 3.8) is 0 Å². The number of carbonyl (C=O) groups excluding carboxylic acids is 1. The maximum atomic E-state index is 11.9. The SMILES string of the molecule is CCCOc1cccc(CC(=O)NC(C(=O)O)C(C)C)c1. The number of carbonyl (C=O) groups is 2. The number of nitrogens with one attached hydrogen (secondary N) is 1. The fraction of sp³-hybridized carbons (Fsp3) is 0.500. The summed E-state index contributed by atoms with van der Waals surface area (Å²) in [6.07, 6.45) is 1.05. The number of ether oxygens (including phenoxy) is 1. The first-order valence-corrected chi connectivity index (χ1v) is 7.18. The van der Waals surface area contributed by atoms with Crippen molar-refractivity contribution in [3.8, 4) is 5.75 Å². The Balaban J connectivity index is 2.63. The summed E-state index contributed by atoms with van der Waals surface area (Å²) < 4.78 is 5.51. The quantitative estimate of drug-likeness (QED) is 0.770. The maximum absolute atomic E-state index is 11.9. The van der Waals surface area contributed by atoms with Crippen LogP contribution in [-0.2, 0) is 16.0 Å². The monoisotopic (exact) mass is 293 g/mol. The number of carboxylic acid groups (broad SMARTS) is 1. The van der Waals surface area contributed by atoms with Gasteiger partial charge in [0, 0.05) is 0 Å². The number of hydrogen-bond acceptors (Lipinski definition) is 3. The van der Waals surface area contributed by atoms with Gasteiger partial charge in [0.2, 0.25) is 5.91 Å². The van der Waals surface area contributed by atoms with Gasteiger partial charge in [0.05, 0.1) is 13.0 Å². The number of benzene rings is 1. The topological polar surface area (TPSA) is 75.6 Å². The summed E-state index contributed by atoms with van der Waals surface area (Å²) in [7, 11) is 0. The van der Waals surface area contributed by atoms with Gasteiger partial charge in [-0.2, -0.15) is 0 Å². The van der Waals surface area contributed by atoms with Crippen molar-refractivity contribution < 1.29 is 19.4 Å². The first kappa shape index (κ1) is 17.0. The highest BCUT2D eigenvalue weighted by molar-refractivity contribution is 5.85. The minimum atomic E-state index is -1.02. The molecule has 116 valence electrons. The van der Waals surface area contributed by atoms with E-state index in [1.54, 1.807) is 19.9 Å². The lowest BCUT2D eigenvalue weighted by Crippen LogP contribution is -2.44. The van der Waals surface area contributed by atoms with Gasteiger partial charge in [-0.3, -0.25) is 4.79 Å². The third-order valence-electron chi connectivity index (χ3n) is 2.99. The zero-order valence-electron chi connectivity index (χ0n) is 12.8. The van der Waals surface area contributed by atoms with E-state index in [1.807, 2.05) is 25.1 Å². The van der Waals surface area contributed by atoms with Crippen molar-refractivity contribution in [2.75, 3.05) is 6.61 Å². The van der Waals surface area contributed by atoms with Crippen LogP contribution < -0.4 is 10.1 Å². The maximum Gasteiger partial charge on any atom is 0.326 e. The third-order valence-corrected chi connectivity index (χ3v) is 2.99. The second-order valence-corrected chi connectivity index (χ2v) is 5.30. The van der Waals surface area contributed by atoms with Gasteiger partial charge in [0.1, 0.15) is 11.8 Å². The molecule has 2 N–H and O–H groups in total. The Labute approximate surface area is 125 Å². The highest BCUT2D eigenvalue weighted by Gasteiger charge is 2.23. The lowest BCUT2D eigenvalue weighted by Gasteiger charge is -2.18. The zero-order chi connectivity index (χ0) is 15.8. The number of amides is 1. The summed E-state index contributed by atoms with van der Waals surface area (Å²) in [4.78, 5) is 23.0. The standard InChI is InChI=1S/C16H23NO4/c1-4-8-21-13-7-5-6-12(9-13)10-14(18)17-15(11(2)3)16(19)20/h5-7,9,11,15H,4,8,10H2,1-3H3,(H,17,18)(H,19,20). The molecule has 21 heavy (non-hydrogen) atoms.